The number of aromatic nitrogens is 3. The monoisotopic (exact) mass is 330 g/mol. The molecule has 1 aromatic carbocycles. The van der Waals surface area contributed by atoms with Gasteiger partial charge in [-0.25, -0.2) is 9.50 Å². The highest BCUT2D eigenvalue weighted by atomic mass is 79.9. The molecule has 0 fully saturated rings. The van der Waals surface area contributed by atoms with Crippen LogP contribution in [0.2, 0.25) is 0 Å². The maximum absolute atomic E-state index is 12.2. The third kappa shape index (κ3) is 2.42. The Morgan fingerprint density at radius 2 is 2.05 bits per heavy atom. The van der Waals surface area contributed by atoms with Crippen LogP contribution in [0.15, 0.2) is 47.1 Å². The first-order valence-corrected chi connectivity index (χ1v) is 6.82. The van der Waals surface area contributed by atoms with Gasteiger partial charge in [0.15, 0.2) is 5.65 Å². The Kier molecular flexibility index (Phi) is 3.23. The van der Waals surface area contributed by atoms with E-state index >= 15 is 0 Å². The number of fused-ring (bicyclic) bond motifs is 1. The second-order valence-electron chi connectivity index (χ2n) is 4.31. The summed E-state index contributed by atoms with van der Waals surface area (Å²) in [5.41, 5.74) is 2.01. The standard InChI is InChI=1S/C14H11BrN4O/c1-9-16-13-7-6-10(8-19(13)18-9)17-14(20)11-4-2-3-5-12(11)15/h2-8H,1H3,(H,17,20). The first-order valence-electron chi connectivity index (χ1n) is 6.02. The van der Waals surface area contributed by atoms with Gasteiger partial charge in [-0.1, -0.05) is 12.1 Å². The summed E-state index contributed by atoms with van der Waals surface area (Å²) >= 11 is 3.36. The van der Waals surface area contributed by atoms with E-state index in [9.17, 15) is 4.79 Å². The number of anilines is 1. The van der Waals surface area contributed by atoms with Crippen LogP contribution in [0.4, 0.5) is 5.69 Å². The van der Waals surface area contributed by atoms with E-state index in [-0.39, 0.29) is 5.91 Å². The summed E-state index contributed by atoms with van der Waals surface area (Å²) < 4.78 is 2.40. The summed E-state index contributed by atoms with van der Waals surface area (Å²) in [5, 5.41) is 7.06. The molecule has 0 unspecified atom stereocenters. The maximum atomic E-state index is 12.2. The zero-order chi connectivity index (χ0) is 14.1. The molecule has 1 N–H and O–H groups in total. The van der Waals surface area contributed by atoms with Crippen molar-refractivity contribution in [3.8, 4) is 0 Å². The van der Waals surface area contributed by atoms with Crippen LogP contribution < -0.4 is 5.32 Å². The lowest BCUT2D eigenvalue weighted by Crippen LogP contribution is -2.12. The van der Waals surface area contributed by atoms with Gasteiger partial charge in [0.05, 0.1) is 17.4 Å². The quantitative estimate of drug-likeness (QED) is 0.785. The van der Waals surface area contributed by atoms with Crippen LogP contribution in [0.3, 0.4) is 0 Å². The molecule has 0 aliphatic rings. The summed E-state index contributed by atoms with van der Waals surface area (Å²) in [6.45, 7) is 1.83. The van der Waals surface area contributed by atoms with Crippen molar-refractivity contribution in [3.63, 3.8) is 0 Å². The van der Waals surface area contributed by atoms with Crippen molar-refractivity contribution in [2.24, 2.45) is 0 Å². The molecule has 0 aliphatic carbocycles. The molecule has 0 aliphatic heterocycles. The Labute approximate surface area is 123 Å². The largest absolute Gasteiger partial charge is 0.321 e. The minimum Gasteiger partial charge on any atom is -0.321 e. The van der Waals surface area contributed by atoms with Crippen molar-refractivity contribution in [1.82, 2.24) is 14.6 Å². The smallest absolute Gasteiger partial charge is 0.256 e. The number of aryl methyl sites for hydroxylation is 1. The zero-order valence-electron chi connectivity index (χ0n) is 10.7. The summed E-state index contributed by atoms with van der Waals surface area (Å²) in [6.07, 6.45) is 1.74. The fraction of sp³-hybridized carbons (Fsp3) is 0.0714. The van der Waals surface area contributed by atoms with Crippen molar-refractivity contribution in [1.29, 1.82) is 0 Å². The summed E-state index contributed by atoms with van der Waals surface area (Å²) in [5.74, 6) is 0.521. The molecule has 0 bridgehead atoms. The predicted molar refractivity (Wildman–Crippen MR) is 79.8 cm³/mol. The SMILES string of the molecule is Cc1nc2ccc(NC(=O)c3ccccc3Br)cn2n1. The molecular weight excluding hydrogens is 320 g/mol. The number of rotatable bonds is 2. The van der Waals surface area contributed by atoms with Crippen LogP contribution in [0.5, 0.6) is 0 Å². The first-order chi connectivity index (χ1) is 9.63. The second kappa shape index (κ2) is 5.05. The van der Waals surface area contributed by atoms with Gasteiger partial charge in [0.2, 0.25) is 0 Å². The first kappa shape index (κ1) is 12.8. The van der Waals surface area contributed by atoms with E-state index in [4.69, 9.17) is 0 Å². The van der Waals surface area contributed by atoms with E-state index < -0.39 is 0 Å². The number of amides is 1. The van der Waals surface area contributed by atoms with Crippen LogP contribution in [-0.2, 0) is 0 Å². The van der Waals surface area contributed by atoms with Crippen LogP contribution in [0.25, 0.3) is 5.65 Å². The molecule has 1 amide bonds. The van der Waals surface area contributed by atoms with Crippen molar-refractivity contribution in [2.45, 2.75) is 6.92 Å². The minimum atomic E-state index is -0.173. The highest BCUT2D eigenvalue weighted by Gasteiger charge is 2.10. The zero-order valence-corrected chi connectivity index (χ0v) is 12.3. The molecule has 2 aromatic heterocycles. The van der Waals surface area contributed by atoms with Crippen molar-refractivity contribution in [2.75, 3.05) is 5.32 Å². The predicted octanol–water partition coefficient (Wildman–Crippen LogP) is 3.05. The second-order valence-corrected chi connectivity index (χ2v) is 5.17. The molecule has 0 spiro atoms. The number of halogens is 1. The topological polar surface area (TPSA) is 59.3 Å². The van der Waals surface area contributed by atoms with Gasteiger partial charge in [-0.3, -0.25) is 4.79 Å². The lowest BCUT2D eigenvalue weighted by atomic mass is 10.2. The molecule has 5 nitrogen and oxygen atoms in total. The fourth-order valence-corrected chi connectivity index (χ4v) is 2.38. The van der Waals surface area contributed by atoms with Gasteiger partial charge < -0.3 is 5.32 Å². The third-order valence-electron chi connectivity index (χ3n) is 2.81. The lowest BCUT2D eigenvalue weighted by molar-refractivity contribution is 0.102. The van der Waals surface area contributed by atoms with E-state index in [1.54, 1.807) is 22.8 Å². The van der Waals surface area contributed by atoms with Gasteiger partial charge in [-0.15, -0.1) is 0 Å². The van der Waals surface area contributed by atoms with Crippen molar-refractivity contribution >= 4 is 33.2 Å². The molecule has 20 heavy (non-hydrogen) atoms. The Morgan fingerprint density at radius 3 is 2.85 bits per heavy atom. The Bertz CT molecular complexity index is 797. The Morgan fingerprint density at radius 1 is 1.25 bits per heavy atom. The summed E-state index contributed by atoms with van der Waals surface area (Å²) in [6, 6.07) is 10.9. The van der Waals surface area contributed by atoms with E-state index in [0.29, 0.717) is 17.1 Å². The van der Waals surface area contributed by atoms with E-state index in [1.165, 1.54) is 0 Å². The number of carbonyl (C=O) groups excluding carboxylic acids is 1. The van der Waals surface area contributed by atoms with Crippen LogP contribution >= 0.6 is 15.9 Å². The van der Waals surface area contributed by atoms with Gasteiger partial charge in [0.25, 0.3) is 5.91 Å². The highest BCUT2D eigenvalue weighted by Crippen LogP contribution is 2.18. The van der Waals surface area contributed by atoms with E-state index in [0.717, 1.165) is 10.1 Å². The Balaban J connectivity index is 1.89. The average molecular weight is 331 g/mol. The van der Waals surface area contributed by atoms with Crippen molar-refractivity contribution in [3.05, 3.63) is 58.5 Å². The molecular formula is C14H11BrN4O. The average Bonchev–Trinajstić information content (AvgIpc) is 2.78. The van der Waals surface area contributed by atoms with Gasteiger partial charge in [0, 0.05) is 4.47 Å². The summed E-state index contributed by atoms with van der Waals surface area (Å²) in [4.78, 5) is 16.4. The molecule has 3 rings (SSSR count). The molecule has 0 saturated carbocycles. The van der Waals surface area contributed by atoms with Gasteiger partial charge >= 0.3 is 0 Å². The number of benzene rings is 1. The molecule has 0 radical (unpaired) electrons. The maximum Gasteiger partial charge on any atom is 0.256 e. The minimum absolute atomic E-state index is 0.173. The van der Waals surface area contributed by atoms with Crippen LogP contribution in [0.1, 0.15) is 16.2 Å². The van der Waals surface area contributed by atoms with Crippen LogP contribution in [0, 0.1) is 6.92 Å². The number of pyridine rings is 1. The molecule has 3 aromatic rings. The number of nitrogens with one attached hydrogen (secondary N) is 1. The third-order valence-corrected chi connectivity index (χ3v) is 3.50. The number of nitrogens with zero attached hydrogens (tertiary/aromatic N) is 3. The Hall–Kier alpha value is -2.21. The molecule has 100 valence electrons. The lowest BCUT2D eigenvalue weighted by Gasteiger charge is -2.06. The molecule has 0 atom stereocenters. The number of hydrogen-bond acceptors (Lipinski definition) is 3. The van der Waals surface area contributed by atoms with Gasteiger partial charge in [-0.2, -0.15) is 5.10 Å². The van der Waals surface area contributed by atoms with Gasteiger partial charge in [0.1, 0.15) is 5.82 Å². The van der Waals surface area contributed by atoms with E-state index in [2.05, 4.69) is 31.3 Å². The normalized spacial score (nSPS) is 10.7. The fourth-order valence-electron chi connectivity index (χ4n) is 1.91. The van der Waals surface area contributed by atoms with Crippen LogP contribution in [-0.4, -0.2) is 20.5 Å². The summed E-state index contributed by atoms with van der Waals surface area (Å²) in [7, 11) is 0. The van der Waals surface area contributed by atoms with Crippen molar-refractivity contribution < 1.29 is 4.79 Å². The van der Waals surface area contributed by atoms with Gasteiger partial charge in [-0.05, 0) is 47.1 Å². The number of carbonyl (C=O) groups is 1. The number of hydrogen-bond donors (Lipinski definition) is 1. The van der Waals surface area contributed by atoms with E-state index in [1.807, 2.05) is 31.2 Å². The molecule has 6 heteroatoms. The molecule has 0 saturated heterocycles. The highest BCUT2D eigenvalue weighted by molar-refractivity contribution is 9.10. The molecule has 2 heterocycles.